The SMILES string of the molecule is CC(=O)CCCCCCCCCCC(=O)c1ccccc1. The summed E-state index contributed by atoms with van der Waals surface area (Å²) in [5.74, 6) is 0.568. The molecule has 0 bridgehead atoms. The number of benzene rings is 1. The summed E-state index contributed by atoms with van der Waals surface area (Å²) in [6.45, 7) is 1.66. The Bertz CT molecular complexity index is 409. The van der Waals surface area contributed by atoms with E-state index in [4.69, 9.17) is 0 Å². The molecule has 0 saturated heterocycles. The van der Waals surface area contributed by atoms with E-state index in [1.807, 2.05) is 30.3 Å². The number of hydrogen-bond acceptors (Lipinski definition) is 2. The van der Waals surface area contributed by atoms with Crippen molar-refractivity contribution in [3.8, 4) is 0 Å². The van der Waals surface area contributed by atoms with Gasteiger partial charge in [-0.25, -0.2) is 0 Å². The van der Waals surface area contributed by atoms with Gasteiger partial charge in [0.15, 0.2) is 5.78 Å². The van der Waals surface area contributed by atoms with E-state index in [-0.39, 0.29) is 5.78 Å². The summed E-state index contributed by atoms with van der Waals surface area (Å²) in [6, 6.07) is 9.55. The fourth-order valence-electron chi connectivity index (χ4n) is 2.49. The summed E-state index contributed by atoms with van der Waals surface area (Å²) in [7, 11) is 0. The highest BCUT2D eigenvalue weighted by Crippen LogP contribution is 2.12. The predicted octanol–water partition coefficient (Wildman–Crippen LogP) is 5.36. The molecule has 0 fully saturated rings. The molecule has 0 aliphatic carbocycles. The van der Waals surface area contributed by atoms with Crippen LogP contribution in [-0.2, 0) is 4.79 Å². The van der Waals surface area contributed by atoms with Crippen LogP contribution in [0, 0.1) is 0 Å². The minimum Gasteiger partial charge on any atom is -0.300 e. The second kappa shape index (κ2) is 11.2. The van der Waals surface area contributed by atoms with E-state index in [9.17, 15) is 9.59 Å². The molecule has 0 radical (unpaired) electrons. The molecular formula is C19H28O2. The van der Waals surface area contributed by atoms with Crippen molar-refractivity contribution in [2.75, 3.05) is 0 Å². The number of carbonyl (C=O) groups excluding carboxylic acids is 2. The first-order valence-corrected chi connectivity index (χ1v) is 8.28. The van der Waals surface area contributed by atoms with E-state index in [2.05, 4.69) is 0 Å². The van der Waals surface area contributed by atoms with Gasteiger partial charge < -0.3 is 4.79 Å². The molecular weight excluding hydrogens is 260 g/mol. The Morgan fingerprint density at radius 1 is 0.714 bits per heavy atom. The Kier molecular flexibility index (Phi) is 9.43. The molecule has 0 amide bonds. The van der Waals surface area contributed by atoms with Gasteiger partial charge in [-0.15, -0.1) is 0 Å². The van der Waals surface area contributed by atoms with Crippen LogP contribution in [0.1, 0.15) is 81.5 Å². The molecule has 2 heteroatoms. The van der Waals surface area contributed by atoms with E-state index in [1.54, 1.807) is 6.92 Å². The lowest BCUT2D eigenvalue weighted by Crippen LogP contribution is -1.98. The summed E-state index contributed by atoms with van der Waals surface area (Å²) in [4.78, 5) is 22.7. The lowest BCUT2D eigenvalue weighted by Gasteiger charge is -2.02. The molecule has 21 heavy (non-hydrogen) atoms. The van der Waals surface area contributed by atoms with Gasteiger partial charge in [0.2, 0.25) is 0 Å². The van der Waals surface area contributed by atoms with Crippen molar-refractivity contribution < 1.29 is 9.59 Å². The maximum atomic E-state index is 11.9. The molecule has 116 valence electrons. The van der Waals surface area contributed by atoms with Gasteiger partial charge in [-0.2, -0.15) is 0 Å². The van der Waals surface area contributed by atoms with Crippen LogP contribution in [0.15, 0.2) is 30.3 Å². The summed E-state index contributed by atoms with van der Waals surface area (Å²) in [5, 5.41) is 0. The van der Waals surface area contributed by atoms with Crippen LogP contribution in [0.5, 0.6) is 0 Å². The van der Waals surface area contributed by atoms with Crippen LogP contribution < -0.4 is 0 Å². The van der Waals surface area contributed by atoms with Crippen LogP contribution in [0.25, 0.3) is 0 Å². The summed E-state index contributed by atoms with van der Waals surface area (Å²) in [5.41, 5.74) is 0.836. The first-order valence-electron chi connectivity index (χ1n) is 8.28. The molecule has 1 aromatic rings. The zero-order chi connectivity index (χ0) is 15.3. The molecule has 0 atom stereocenters. The van der Waals surface area contributed by atoms with Gasteiger partial charge in [0, 0.05) is 18.4 Å². The van der Waals surface area contributed by atoms with Crippen LogP contribution in [-0.4, -0.2) is 11.6 Å². The van der Waals surface area contributed by atoms with Gasteiger partial charge >= 0.3 is 0 Å². The van der Waals surface area contributed by atoms with Gasteiger partial charge in [0.05, 0.1) is 0 Å². The highest BCUT2D eigenvalue weighted by Gasteiger charge is 2.03. The first kappa shape index (κ1) is 17.6. The van der Waals surface area contributed by atoms with Gasteiger partial charge in [0.25, 0.3) is 0 Å². The van der Waals surface area contributed by atoms with E-state index in [0.717, 1.165) is 31.2 Å². The predicted molar refractivity (Wildman–Crippen MR) is 87.6 cm³/mol. The third-order valence-electron chi connectivity index (χ3n) is 3.78. The average Bonchev–Trinajstić information content (AvgIpc) is 2.49. The Hall–Kier alpha value is -1.44. The van der Waals surface area contributed by atoms with Crippen LogP contribution in [0.3, 0.4) is 0 Å². The van der Waals surface area contributed by atoms with Gasteiger partial charge in [0.1, 0.15) is 5.78 Å². The lowest BCUT2D eigenvalue weighted by molar-refractivity contribution is -0.117. The number of carbonyl (C=O) groups is 2. The van der Waals surface area contributed by atoms with Crippen LogP contribution >= 0.6 is 0 Å². The number of ketones is 2. The summed E-state index contributed by atoms with van der Waals surface area (Å²) in [6.07, 6.45) is 10.7. The molecule has 0 spiro atoms. The van der Waals surface area contributed by atoms with Crippen molar-refractivity contribution in [1.29, 1.82) is 0 Å². The van der Waals surface area contributed by atoms with E-state index in [0.29, 0.717) is 12.2 Å². The molecule has 0 aliphatic heterocycles. The maximum Gasteiger partial charge on any atom is 0.162 e. The second-order valence-electron chi connectivity index (χ2n) is 5.82. The Labute approximate surface area is 128 Å². The van der Waals surface area contributed by atoms with Crippen molar-refractivity contribution >= 4 is 11.6 Å². The minimum atomic E-state index is 0.264. The van der Waals surface area contributed by atoms with Crippen molar-refractivity contribution in [3.05, 3.63) is 35.9 Å². The zero-order valence-electron chi connectivity index (χ0n) is 13.3. The van der Waals surface area contributed by atoms with Gasteiger partial charge in [-0.05, 0) is 19.8 Å². The number of unbranched alkanes of at least 4 members (excludes halogenated alkanes) is 7. The Morgan fingerprint density at radius 2 is 1.19 bits per heavy atom. The van der Waals surface area contributed by atoms with Crippen molar-refractivity contribution in [3.63, 3.8) is 0 Å². The fourth-order valence-corrected chi connectivity index (χ4v) is 2.49. The molecule has 0 heterocycles. The van der Waals surface area contributed by atoms with Gasteiger partial charge in [-0.3, -0.25) is 4.79 Å². The molecule has 1 rings (SSSR count). The molecule has 0 N–H and O–H groups in total. The highest BCUT2D eigenvalue weighted by atomic mass is 16.1. The number of hydrogen-bond donors (Lipinski definition) is 0. The lowest BCUT2D eigenvalue weighted by atomic mass is 10.0. The standard InChI is InChI=1S/C19H28O2/c1-17(20)13-9-6-4-2-3-5-7-12-16-19(21)18-14-10-8-11-15-18/h8,10-11,14-15H,2-7,9,12-13,16H2,1H3. The first-order chi connectivity index (χ1) is 10.2. The van der Waals surface area contributed by atoms with Crippen molar-refractivity contribution in [2.45, 2.75) is 71.1 Å². The molecule has 0 saturated carbocycles. The molecule has 0 aromatic heterocycles. The number of rotatable bonds is 12. The second-order valence-corrected chi connectivity index (χ2v) is 5.82. The monoisotopic (exact) mass is 288 g/mol. The summed E-state index contributed by atoms with van der Waals surface area (Å²) >= 11 is 0. The Morgan fingerprint density at radius 3 is 1.71 bits per heavy atom. The normalized spacial score (nSPS) is 10.5. The molecule has 0 aliphatic rings. The average molecular weight is 288 g/mol. The Balaban J connectivity index is 1.91. The van der Waals surface area contributed by atoms with E-state index >= 15 is 0 Å². The quantitative estimate of drug-likeness (QED) is 0.383. The molecule has 0 unspecified atom stereocenters. The zero-order valence-corrected chi connectivity index (χ0v) is 13.3. The largest absolute Gasteiger partial charge is 0.300 e. The topological polar surface area (TPSA) is 34.1 Å². The molecule has 2 nitrogen and oxygen atoms in total. The molecule has 1 aromatic carbocycles. The number of Topliss-reactive ketones (excluding diaryl/α,β-unsaturated/α-hetero) is 2. The van der Waals surface area contributed by atoms with E-state index in [1.165, 1.54) is 32.1 Å². The minimum absolute atomic E-state index is 0.264. The van der Waals surface area contributed by atoms with Gasteiger partial charge in [-0.1, -0.05) is 68.9 Å². The highest BCUT2D eigenvalue weighted by molar-refractivity contribution is 5.95. The fraction of sp³-hybridized carbons (Fsp3) is 0.579. The van der Waals surface area contributed by atoms with Crippen molar-refractivity contribution in [1.82, 2.24) is 0 Å². The third kappa shape index (κ3) is 9.17. The smallest absolute Gasteiger partial charge is 0.162 e. The van der Waals surface area contributed by atoms with Crippen molar-refractivity contribution in [2.24, 2.45) is 0 Å². The van der Waals surface area contributed by atoms with Crippen LogP contribution in [0.4, 0.5) is 0 Å². The maximum absolute atomic E-state index is 11.9. The summed E-state index contributed by atoms with van der Waals surface area (Å²) < 4.78 is 0. The van der Waals surface area contributed by atoms with Crippen LogP contribution in [0.2, 0.25) is 0 Å². The third-order valence-corrected chi connectivity index (χ3v) is 3.78. The van der Waals surface area contributed by atoms with E-state index < -0.39 is 0 Å².